The van der Waals surface area contributed by atoms with Crippen LogP contribution in [0.5, 0.6) is 0 Å². The first-order valence-electron chi connectivity index (χ1n) is 8.17. The van der Waals surface area contributed by atoms with E-state index < -0.39 is 0 Å². The van der Waals surface area contributed by atoms with Crippen LogP contribution in [-0.4, -0.2) is 36.6 Å². The monoisotopic (exact) mass is 403 g/mol. The molecule has 7 heteroatoms. The van der Waals surface area contributed by atoms with Gasteiger partial charge in [0.2, 0.25) is 0 Å². The molecule has 1 aromatic heterocycles. The fraction of sp³-hybridized carbons (Fsp3) is 0.500. The van der Waals surface area contributed by atoms with E-state index in [1.807, 2.05) is 6.07 Å². The molecule has 0 aliphatic carbocycles. The summed E-state index contributed by atoms with van der Waals surface area (Å²) >= 11 is 1.79. The molecule has 0 radical (unpaired) electrons. The maximum atomic E-state index is 13.6. The van der Waals surface area contributed by atoms with Crippen molar-refractivity contribution in [3.8, 4) is 0 Å². The van der Waals surface area contributed by atoms with E-state index in [9.17, 15) is 4.39 Å². The number of benzene rings is 1. The molecule has 0 amide bonds. The average Bonchev–Trinajstić information content (AvgIpc) is 3.12. The number of anilines is 1. The molecule has 138 valence electrons. The summed E-state index contributed by atoms with van der Waals surface area (Å²) in [4.78, 5) is 10.8. The summed E-state index contributed by atoms with van der Waals surface area (Å²) in [6.07, 6.45) is 0. The Balaban J connectivity index is 0.00000113. The van der Waals surface area contributed by atoms with E-state index in [0.29, 0.717) is 17.9 Å². The van der Waals surface area contributed by atoms with Gasteiger partial charge in [-0.1, -0.05) is 12.1 Å². The van der Waals surface area contributed by atoms with E-state index in [-0.39, 0.29) is 30.6 Å². The molecule has 0 saturated carbocycles. The van der Waals surface area contributed by atoms with Gasteiger partial charge in [0.05, 0.1) is 5.69 Å². The topological polar surface area (TPSA) is 19.4 Å². The second kappa shape index (κ2) is 7.78. The third-order valence-electron chi connectivity index (χ3n) is 5.37. The highest BCUT2D eigenvalue weighted by atomic mass is 35.5. The van der Waals surface area contributed by atoms with Crippen LogP contribution in [0, 0.1) is 31.5 Å². The Hall–Kier alpha value is -0.880. The minimum absolute atomic E-state index is 0. The van der Waals surface area contributed by atoms with Gasteiger partial charge >= 0.3 is 0 Å². The van der Waals surface area contributed by atoms with Crippen molar-refractivity contribution < 1.29 is 4.39 Å². The van der Waals surface area contributed by atoms with Gasteiger partial charge in [-0.15, -0.1) is 36.2 Å². The maximum Gasteiger partial charge on any atom is 0.185 e. The maximum absolute atomic E-state index is 13.6. The molecule has 1 aromatic carbocycles. The highest BCUT2D eigenvalue weighted by Crippen LogP contribution is 2.45. The predicted molar refractivity (Wildman–Crippen MR) is 107 cm³/mol. The average molecular weight is 404 g/mol. The number of halogens is 3. The molecular formula is C18H24Cl2FN3S. The first kappa shape index (κ1) is 20.4. The molecule has 25 heavy (non-hydrogen) atoms. The van der Waals surface area contributed by atoms with Gasteiger partial charge in [0, 0.05) is 36.5 Å². The summed E-state index contributed by atoms with van der Waals surface area (Å²) in [6, 6.07) is 7.42. The van der Waals surface area contributed by atoms with Gasteiger partial charge in [-0.05, 0) is 44.5 Å². The number of hydrogen-bond donors (Lipinski definition) is 0. The van der Waals surface area contributed by atoms with Crippen molar-refractivity contribution >= 4 is 41.3 Å². The minimum atomic E-state index is -0.139. The molecule has 3 atom stereocenters. The van der Waals surface area contributed by atoms with E-state index >= 15 is 0 Å². The van der Waals surface area contributed by atoms with Crippen LogP contribution < -0.4 is 4.90 Å². The van der Waals surface area contributed by atoms with Gasteiger partial charge in [-0.25, -0.2) is 9.37 Å². The lowest BCUT2D eigenvalue weighted by Crippen LogP contribution is -2.29. The second-order valence-electron chi connectivity index (χ2n) is 6.91. The number of fused-ring (bicyclic) bond motifs is 1. The Morgan fingerprint density at radius 1 is 1.16 bits per heavy atom. The van der Waals surface area contributed by atoms with Gasteiger partial charge in [0.1, 0.15) is 5.82 Å². The zero-order valence-electron chi connectivity index (χ0n) is 14.6. The molecule has 3 nitrogen and oxygen atoms in total. The minimum Gasteiger partial charge on any atom is -0.347 e. The Bertz CT molecular complexity index is 719. The van der Waals surface area contributed by atoms with Crippen LogP contribution >= 0.6 is 36.2 Å². The first-order chi connectivity index (χ1) is 11.0. The fourth-order valence-corrected chi connectivity index (χ4v) is 5.13. The van der Waals surface area contributed by atoms with Crippen molar-refractivity contribution in [2.75, 3.05) is 31.6 Å². The quantitative estimate of drug-likeness (QED) is 0.736. The third-order valence-corrected chi connectivity index (χ3v) is 6.51. The lowest BCUT2D eigenvalue weighted by Gasteiger charge is -2.26. The number of nitrogens with zero attached hydrogens (tertiary/aromatic N) is 3. The van der Waals surface area contributed by atoms with Crippen molar-refractivity contribution in [2.24, 2.45) is 11.8 Å². The smallest absolute Gasteiger partial charge is 0.185 e. The van der Waals surface area contributed by atoms with E-state index in [1.54, 1.807) is 17.4 Å². The van der Waals surface area contributed by atoms with Crippen LogP contribution in [0.3, 0.4) is 0 Å². The molecule has 2 aliphatic heterocycles. The van der Waals surface area contributed by atoms with Crippen molar-refractivity contribution in [1.82, 2.24) is 9.88 Å². The van der Waals surface area contributed by atoms with Crippen LogP contribution in [-0.2, 0) is 0 Å². The zero-order valence-corrected chi connectivity index (χ0v) is 17.1. The number of hydrogen-bond acceptors (Lipinski definition) is 4. The van der Waals surface area contributed by atoms with Crippen molar-refractivity contribution in [3.63, 3.8) is 0 Å². The van der Waals surface area contributed by atoms with E-state index in [4.69, 9.17) is 4.98 Å². The fourth-order valence-electron chi connectivity index (χ4n) is 4.20. The number of aryl methyl sites for hydroxylation is 2. The molecule has 0 N–H and O–H groups in total. The highest BCUT2D eigenvalue weighted by Gasteiger charge is 2.46. The third kappa shape index (κ3) is 3.65. The molecule has 2 aromatic rings. The van der Waals surface area contributed by atoms with E-state index in [2.05, 4.69) is 36.8 Å². The molecule has 0 spiro atoms. The van der Waals surface area contributed by atoms with Gasteiger partial charge in [-0.3, -0.25) is 4.90 Å². The molecule has 3 heterocycles. The van der Waals surface area contributed by atoms with Gasteiger partial charge in [0.25, 0.3) is 0 Å². The van der Waals surface area contributed by atoms with Gasteiger partial charge in [-0.2, -0.15) is 0 Å². The van der Waals surface area contributed by atoms with E-state index in [1.165, 1.54) is 10.9 Å². The molecule has 2 fully saturated rings. The lowest BCUT2D eigenvalue weighted by atomic mass is 9.89. The molecule has 2 saturated heterocycles. The van der Waals surface area contributed by atoms with Crippen molar-refractivity contribution in [3.05, 3.63) is 46.2 Å². The van der Waals surface area contributed by atoms with Gasteiger partial charge in [0.15, 0.2) is 5.13 Å². The largest absolute Gasteiger partial charge is 0.347 e. The van der Waals surface area contributed by atoms with Crippen LogP contribution in [0.4, 0.5) is 9.52 Å². The van der Waals surface area contributed by atoms with Crippen LogP contribution in [0.2, 0.25) is 0 Å². The Labute approximate surface area is 165 Å². The van der Waals surface area contributed by atoms with E-state index in [0.717, 1.165) is 36.0 Å². The van der Waals surface area contributed by atoms with Crippen LogP contribution in [0.25, 0.3) is 0 Å². The summed E-state index contributed by atoms with van der Waals surface area (Å²) in [5.41, 5.74) is 2.24. The number of thiazole rings is 1. The first-order valence-corrected chi connectivity index (χ1v) is 8.99. The second-order valence-corrected chi connectivity index (χ2v) is 8.09. The Morgan fingerprint density at radius 3 is 2.56 bits per heavy atom. The number of aromatic nitrogens is 1. The van der Waals surface area contributed by atoms with Gasteiger partial charge < -0.3 is 4.90 Å². The summed E-state index contributed by atoms with van der Waals surface area (Å²) < 4.78 is 13.6. The number of rotatable bonds is 2. The summed E-state index contributed by atoms with van der Waals surface area (Å²) in [7, 11) is 2.16. The lowest BCUT2D eigenvalue weighted by molar-refractivity contribution is 0.279. The zero-order chi connectivity index (χ0) is 16.1. The predicted octanol–water partition coefficient (Wildman–Crippen LogP) is 4.48. The highest BCUT2D eigenvalue weighted by molar-refractivity contribution is 7.15. The summed E-state index contributed by atoms with van der Waals surface area (Å²) in [5.74, 6) is 1.05. The molecule has 0 bridgehead atoms. The summed E-state index contributed by atoms with van der Waals surface area (Å²) in [6.45, 7) is 7.37. The van der Waals surface area contributed by atoms with Crippen LogP contribution in [0.15, 0.2) is 24.3 Å². The Kier molecular flexibility index (Phi) is 6.36. The summed E-state index contributed by atoms with van der Waals surface area (Å²) in [5, 5.41) is 1.15. The SMILES string of the molecule is Cc1nc(N2C[C@@H]3CN(C)[C@@H](c4cccc(F)c4)[C@@H]3C2)sc1C.Cl.Cl. The molecule has 2 aliphatic rings. The number of likely N-dealkylation sites (tertiary alicyclic amines) is 1. The van der Waals surface area contributed by atoms with Crippen molar-refractivity contribution in [1.29, 1.82) is 0 Å². The van der Waals surface area contributed by atoms with Crippen LogP contribution in [0.1, 0.15) is 22.2 Å². The molecule has 0 unspecified atom stereocenters. The normalized spacial score (nSPS) is 25.4. The standard InChI is InChI=1S/C18H22FN3S.2ClH/c1-11-12(2)23-18(20-11)22-9-14-8-21(3)17(16(14)10-22)13-5-4-6-15(19)7-13;;/h4-7,14,16-17H,8-10H2,1-3H3;2*1H/t14-,16+,17-;;/m0../s1. The molecular weight excluding hydrogens is 380 g/mol. The molecule has 4 rings (SSSR count). The Morgan fingerprint density at radius 2 is 1.92 bits per heavy atom. The van der Waals surface area contributed by atoms with Crippen molar-refractivity contribution in [2.45, 2.75) is 19.9 Å².